The normalized spacial score (nSPS) is 10.5. The van der Waals surface area contributed by atoms with E-state index in [1.54, 1.807) is 12.1 Å². The van der Waals surface area contributed by atoms with Crippen LogP contribution < -0.4 is 10.6 Å². The number of alkyl carbamates (subject to hydrolysis) is 1. The molecule has 2 aromatic rings. The van der Waals surface area contributed by atoms with E-state index in [4.69, 9.17) is 12.2 Å². The second-order valence-electron chi connectivity index (χ2n) is 4.51. The maximum absolute atomic E-state index is 13.6. The van der Waals surface area contributed by atoms with Crippen molar-refractivity contribution in [1.29, 1.82) is 0 Å². The number of benzene rings is 2. The van der Waals surface area contributed by atoms with Crippen LogP contribution in [-0.2, 0) is 4.74 Å². The number of carbonyl (C=O) groups is 1. The number of anilines is 1. The van der Waals surface area contributed by atoms with Gasteiger partial charge in [0.15, 0.2) is 5.11 Å². The van der Waals surface area contributed by atoms with Gasteiger partial charge in [-0.05, 0) is 30.4 Å². The molecule has 0 heterocycles. The fraction of sp³-hybridized carbons (Fsp3) is 0.0625. The maximum Gasteiger partial charge on any atom is 0.413 e. The molecule has 124 valence electrons. The molecule has 0 aliphatic rings. The molecule has 24 heavy (non-hydrogen) atoms. The summed E-state index contributed by atoms with van der Waals surface area (Å²) < 4.78 is 31.5. The lowest BCUT2D eigenvalue weighted by molar-refractivity contribution is 0.177. The highest BCUT2D eigenvalue weighted by Gasteiger charge is 2.08. The van der Waals surface area contributed by atoms with Crippen LogP contribution in [-0.4, -0.2) is 24.5 Å². The van der Waals surface area contributed by atoms with Crippen molar-refractivity contribution in [3.05, 3.63) is 59.7 Å². The number of nitrogens with zero attached hydrogens (tertiary/aromatic N) is 1. The van der Waals surface area contributed by atoms with Gasteiger partial charge in [0.05, 0.1) is 18.5 Å². The largest absolute Gasteiger partial charge is 0.453 e. The van der Waals surface area contributed by atoms with E-state index in [-0.39, 0.29) is 16.4 Å². The minimum atomic E-state index is -0.744. The van der Waals surface area contributed by atoms with Crippen molar-refractivity contribution in [3.63, 3.8) is 0 Å². The average Bonchev–Trinajstić information content (AvgIpc) is 2.56. The van der Waals surface area contributed by atoms with Crippen molar-refractivity contribution in [1.82, 2.24) is 5.32 Å². The van der Waals surface area contributed by atoms with Crippen LogP contribution in [0.5, 0.6) is 0 Å². The van der Waals surface area contributed by atoms with Gasteiger partial charge in [0.1, 0.15) is 11.6 Å². The average molecular weight is 349 g/mol. The van der Waals surface area contributed by atoms with E-state index in [2.05, 4.69) is 20.4 Å². The van der Waals surface area contributed by atoms with Crippen molar-refractivity contribution in [3.8, 4) is 0 Å². The van der Waals surface area contributed by atoms with Crippen LogP contribution in [0.4, 0.5) is 25.0 Å². The molecule has 5 nitrogen and oxygen atoms in total. The SMILES string of the molecule is COC(=O)NC(=S)Nc1ccc(F)cc1/N=C/c1ccccc1F. The second-order valence-corrected chi connectivity index (χ2v) is 4.92. The molecule has 1 amide bonds. The Morgan fingerprint density at radius 1 is 1.25 bits per heavy atom. The lowest BCUT2D eigenvalue weighted by atomic mass is 10.2. The molecule has 0 aromatic heterocycles. The van der Waals surface area contributed by atoms with Crippen LogP contribution in [0.1, 0.15) is 5.56 Å². The van der Waals surface area contributed by atoms with Crippen LogP contribution in [0.2, 0.25) is 0 Å². The standard InChI is InChI=1S/C16H13F2N3O2S/c1-23-16(22)21-15(24)20-13-7-6-11(17)8-14(13)19-9-10-4-2-3-5-12(10)18/h2-9H,1H3,(H2,20,21,22,24)/b19-9+. The Balaban J connectivity index is 2.23. The Bertz CT molecular complexity index is 797. The maximum atomic E-state index is 13.6. The molecule has 0 saturated heterocycles. The molecule has 0 fully saturated rings. The summed E-state index contributed by atoms with van der Waals surface area (Å²) in [5, 5.41) is 4.91. The van der Waals surface area contributed by atoms with Crippen LogP contribution in [0, 0.1) is 11.6 Å². The summed E-state index contributed by atoms with van der Waals surface area (Å²) in [4.78, 5) is 15.2. The molecule has 2 rings (SSSR count). The Hall–Kier alpha value is -2.87. The lowest BCUT2D eigenvalue weighted by Gasteiger charge is -2.11. The molecule has 0 saturated carbocycles. The van der Waals surface area contributed by atoms with Crippen LogP contribution >= 0.6 is 12.2 Å². The van der Waals surface area contributed by atoms with Crippen LogP contribution in [0.3, 0.4) is 0 Å². The smallest absolute Gasteiger partial charge is 0.413 e. The number of carbonyl (C=O) groups excluding carboxylic acids is 1. The minimum Gasteiger partial charge on any atom is -0.453 e. The zero-order valence-corrected chi connectivity index (χ0v) is 13.4. The van der Waals surface area contributed by atoms with Crippen molar-refractivity contribution in [2.45, 2.75) is 0 Å². The highest BCUT2D eigenvalue weighted by Crippen LogP contribution is 2.26. The molecule has 0 bridgehead atoms. The van der Waals surface area contributed by atoms with Crippen molar-refractivity contribution in [2.75, 3.05) is 12.4 Å². The molecule has 0 aliphatic heterocycles. The van der Waals surface area contributed by atoms with E-state index in [1.807, 2.05) is 0 Å². The first-order chi connectivity index (χ1) is 11.5. The van der Waals surface area contributed by atoms with Gasteiger partial charge in [0.2, 0.25) is 0 Å². The summed E-state index contributed by atoms with van der Waals surface area (Å²) >= 11 is 4.94. The quantitative estimate of drug-likeness (QED) is 0.654. The molecule has 0 atom stereocenters. The van der Waals surface area contributed by atoms with Gasteiger partial charge in [0.25, 0.3) is 0 Å². The number of hydrogen-bond acceptors (Lipinski definition) is 4. The number of thiocarbonyl (C=S) groups is 1. The third-order valence-electron chi connectivity index (χ3n) is 2.86. The molecule has 2 N–H and O–H groups in total. The van der Waals surface area contributed by atoms with E-state index in [0.29, 0.717) is 5.69 Å². The van der Waals surface area contributed by atoms with E-state index in [0.717, 1.165) is 6.07 Å². The zero-order chi connectivity index (χ0) is 17.5. The molecular weight excluding hydrogens is 336 g/mol. The number of aliphatic imine (C=N–C) groups is 1. The van der Waals surface area contributed by atoms with Gasteiger partial charge in [-0.3, -0.25) is 10.3 Å². The predicted molar refractivity (Wildman–Crippen MR) is 91.8 cm³/mol. The number of ether oxygens (including phenoxy) is 1. The van der Waals surface area contributed by atoms with Crippen molar-refractivity contribution >= 4 is 41.0 Å². The fourth-order valence-electron chi connectivity index (χ4n) is 1.73. The topological polar surface area (TPSA) is 62.7 Å². The summed E-state index contributed by atoms with van der Waals surface area (Å²) in [6.45, 7) is 0. The lowest BCUT2D eigenvalue weighted by Crippen LogP contribution is -2.33. The minimum absolute atomic E-state index is 0.0456. The highest BCUT2D eigenvalue weighted by molar-refractivity contribution is 7.80. The Labute approximate surface area is 142 Å². The van der Waals surface area contributed by atoms with Gasteiger partial charge >= 0.3 is 6.09 Å². The number of hydrogen-bond donors (Lipinski definition) is 2. The Morgan fingerprint density at radius 2 is 2.00 bits per heavy atom. The van der Waals surface area contributed by atoms with Gasteiger partial charge in [0, 0.05) is 17.8 Å². The predicted octanol–water partition coefficient (Wildman–Crippen LogP) is 3.77. The Kier molecular flexibility index (Phi) is 5.91. The van der Waals surface area contributed by atoms with Crippen LogP contribution in [0.25, 0.3) is 0 Å². The molecule has 0 unspecified atom stereocenters. The van der Waals surface area contributed by atoms with Gasteiger partial charge in [-0.2, -0.15) is 0 Å². The molecule has 8 heteroatoms. The van der Waals surface area contributed by atoms with E-state index >= 15 is 0 Å². The number of nitrogens with one attached hydrogen (secondary N) is 2. The molecule has 0 radical (unpaired) electrons. The Morgan fingerprint density at radius 3 is 2.71 bits per heavy atom. The van der Waals surface area contributed by atoms with Crippen molar-refractivity contribution < 1.29 is 18.3 Å². The zero-order valence-electron chi connectivity index (χ0n) is 12.5. The second kappa shape index (κ2) is 8.11. The first-order valence-corrected chi connectivity index (χ1v) is 7.14. The monoisotopic (exact) mass is 349 g/mol. The molecule has 0 aliphatic carbocycles. The first kappa shape index (κ1) is 17.5. The van der Waals surface area contributed by atoms with E-state index in [1.165, 1.54) is 37.6 Å². The van der Waals surface area contributed by atoms with Gasteiger partial charge in [-0.15, -0.1) is 0 Å². The third kappa shape index (κ3) is 4.82. The molecular formula is C16H13F2N3O2S. The van der Waals surface area contributed by atoms with E-state index < -0.39 is 17.7 Å². The number of methoxy groups -OCH3 is 1. The molecule has 2 aromatic carbocycles. The summed E-state index contributed by atoms with van der Waals surface area (Å²) in [5.41, 5.74) is 0.778. The van der Waals surface area contributed by atoms with Gasteiger partial charge in [-0.25, -0.2) is 13.6 Å². The van der Waals surface area contributed by atoms with Crippen molar-refractivity contribution in [2.24, 2.45) is 4.99 Å². The summed E-state index contributed by atoms with van der Waals surface area (Å²) in [6.07, 6.45) is 0.525. The number of halogens is 2. The highest BCUT2D eigenvalue weighted by atomic mass is 32.1. The number of rotatable bonds is 3. The van der Waals surface area contributed by atoms with E-state index in [9.17, 15) is 13.6 Å². The van der Waals surface area contributed by atoms with Gasteiger partial charge < -0.3 is 10.1 Å². The fourth-order valence-corrected chi connectivity index (χ4v) is 1.93. The third-order valence-corrected chi connectivity index (χ3v) is 3.06. The number of amides is 1. The van der Waals surface area contributed by atoms with Gasteiger partial charge in [-0.1, -0.05) is 18.2 Å². The summed E-state index contributed by atoms with van der Waals surface area (Å²) in [5.74, 6) is -0.969. The molecule has 0 spiro atoms. The summed E-state index contributed by atoms with van der Waals surface area (Å²) in [6, 6.07) is 9.79. The van der Waals surface area contributed by atoms with Crippen LogP contribution in [0.15, 0.2) is 47.5 Å². The summed E-state index contributed by atoms with van der Waals surface area (Å²) in [7, 11) is 1.19. The first-order valence-electron chi connectivity index (χ1n) is 6.73.